The zero-order valence-electron chi connectivity index (χ0n) is 14.0. The van der Waals surface area contributed by atoms with Crippen LogP contribution < -0.4 is 14.8 Å². The highest BCUT2D eigenvalue weighted by Gasteiger charge is 2.41. The average Bonchev–Trinajstić information content (AvgIpc) is 2.91. The molecule has 1 amide bonds. The van der Waals surface area contributed by atoms with Crippen LogP contribution in [-0.4, -0.2) is 36.8 Å². The lowest BCUT2D eigenvalue weighted by Crippen LogP contribution is -2.34. The predicted molar refractivity (Wildman–Crippen MR) is 89.1 cm³/mol. The van der Waals surface area contributed by atoms with Crippen molar-refractivity contribution in [2.75, 3.05) is 13.7 Å². The molecule has 3 unspecified atom stereocenters. The van der Waals surface area contributed by atoms with Gasteiger partial charge in [-0.3, -0.25) is 4.79 Å². The van der Waals surface area contributed by atoms with Crippen LogP contribution >= 0.6 is 0 Å². The Morgan fingerprint density at radius 1 is 1.44 bits per heavy atom. The maximum atomic E-state index is 13.9. The molecule has 0 radical (unpaired) electrons. The standard InChI is InChI=1S/C18H18FN3O3/c1-3-12-14(22-17(23)16(12)19)9-25-18-13-7-15(24-2)11(8-20)6-10(13)4-5-21-18/h4-7,12,14,16H,3,9H2,1-2H3,(H,22,23). The summed E-state index contributed by atoms with van der Waals surface area (Å²) < 4.78 is 24.9. The minimum absolute atomic E-state index is 0.124. The van der Waals surface area contributed by atoms with Crippen molar-refractivity contribution in [1.82, 2.24) is 10.3 Å². The summed E-state index contributed by atoms with van der Waals surface area (Å²) in [6.07, 6.45) is 0.613. The maximum Gasteiger partial charge on any atom is 0.255 e. The van der Waals surface area contributed by atoms with E-state index < -0.39 is 24.0 Å². The number of methoxy groups -OCH3 is 1. The number of carbonyl (C=O) groups excluding carboxylic acids is 1. The molecular weight excluding hydrogens is 325 g/mol. The lowest BCUT2D eigenvalue weighted by Gasteiger charge is -2.18. The van der Waals surface area contributed by atoms with Gasteiger partial charge < -0.3 is 14.8 Å². The minimum Gasteiger partial charge on any atom is -0.495 e. The summed E-state index contributed by atoms with van der Waals surface area (Å²) in [5.41, 5.74) is 0.418. The molecule has 0 bridgehead atoms. The summed E-state index contributed by atoms with van der Waals surface area (Å²) in [6.45, 7) is 1.97. The number of benzene rings is 1. The molecular formula is C18H18FN3O3. The summed E-state index contributed by atoms with van der Waals surface area (Å²) in [5, 5.41) is 13.3. The van der Waals surface area contributed by atoms with Gasteiger partial charge in [0.15, 0.2) is 6.17 Å². The van der Waals surface area contributed by atoms with Gasteiger partial charge in [0.1, 0.15) is 18.4 Å². The molecule has 1 aliphatic rings. The third kappa shape index (κ3) is 3.07. The Balaban J connectivity index is 1.87. The minimum atomic E-state index is -1.50. The molecule has 1 aromatic carbocycles. The fourth-order valence-electron chi connectivity index (χ4n) is 3.14. The zero-order valence-corrected chi connectivity index (χ0v) is 14.0. The third-order valence-electron chi connectivity index (χ3n) is 4.51. The van der Waals surface area contributed by atoms with E-state index in [2.05, 4.69) is 16.4 Å². The fourth-order valence-corrected chi connectivity index (χ4v) is 3.14. The van der Waals surface area contributed by atoms with Gasteiger partial charge in [0, 0.05) is 17.5 Å². The second kappa shape index (κ2) is 6.93. The number of halogens is 1. The number of pyridine rings is 1. The number of hydrogen-bond acceptors (Lipinski definition) is 5. The molecule has 0 aliphatic carbocycles. The third-order valence-corrected chi connectivity index (χ3v) is 4.51. The number of aromatic nitrogens is 1. The Morgan fingerprint density at radius 3 is 2.92 bits per heavy atom. The van der Waals surface area contributed by atoms with Gasteiger partial charge in [0.25, 0.3) is 5.91 Å². The molecule has 2 heterocycles. The Labute approximate surface area is 144 Å². The smallest absolute Gasteiger partial charge is 0.255 e. The highest BCUT2D eigenvalue weighted by atomic mass is 19.1. The van der Waals surface area contributed by atoms with Gasteiger partial charge >= 0.3 is 0 Å². The van der Waals surface area contributed by atoms with Crippen LogP contribution in [0, 0.1) is 17.2 Å². The highest BCUT2D eigenvalue weighted by molar-refractivity contribution is 5.89. The van der Waals surface area contributed by atoms with Gasteiger partial charge in [0.2, 0.25) is 5.88 Å². The van der Waals surface area contributed by atoms with Crippen molar-refractivity contribution in [2.24, 2.45) is 5.92 Å². The van der Waals surface area contributed by atoms with Crippen molar-refractivity contribution in [2.45, 2.75) is 25.6 Å². The Bertz CT molecular complexity index is 849. The monoisotopic (exact) mass is 343 g/mol. The van der Waals surface area contributed by atoms with Gasteiger partial charge in [-0.05, 0) is 30.0 Å². The quantitative estimate of drug-likeness (QED) is 0.901. The molecule has 130 valence electrons. The molecule has 1 aliphatic heterocycles. The van der Waals surface area contributed by atoms with E-state index in [1.807, 2.05) is 6.92 Å². The van der Waals surface area contributed by atoms with Gasteiger partial charge in [-0.2, -0.15) is 5.26 Å². The number of carbonyl (C=O) groups is 1. The molecule has 1 fully saturated rings. The molecule has 7 heteroatoms. The lowest BCUT2D eigenvalue weighted by molar-refractivity contribution is -0.123. The van der Waals surface area contributed by atoms with Crippen molar-refractivity contribution in [3.63, 3.8) is 0 Å². The number of fused-ring (bicyclic) bond motifs is 1. The Kier molecular flexibility index (Phi) is 4.70. The number of nitrogens with zero attached hydrogens (tertiary/aromatic N) is 2. The topological polar surface area (TPSA) is 84.2 Å². The van der Waals surface area contributed by atoms with E-state index in [0.29, 0.717) is 29.0 Å². The number of alkyl halides is 1. The van der Waals surface area contributed by atoms with Crippen LogP contribution in [0.5, 0.6) is 11.6 Å². The van der Waals surface area contributed by atoms with E-state index in [1.54, 1.807) is 24.4 Å². The Morgan fingerprint density at radius 2 is 2.24 bits per heavy atom. The molecule has 3 rings (SSSR count). The van der Waals surface area contributed by atoms with E-state index in [0.717, 1.165) is 5.39 Å². The van der Waals surface area contributed by atoms with Crippen LogP contribution in [-0.2, 0) is 4.79 Å². The molecule has 3 atom stereocenters. The first-order valence-corrected chi connectivity index (χ1v) is 8.03. The van der Waals surface area contributed by atoms with Gasteiger partial charge in [-0.15, -0.1) is 0 Å². The maximum absolute atomic E-state index is 13.9. The average molecular weight is 343 g/mol. The number of ether oxygens (including phenoxy) is 2. The summed E-state index contributed by atoms with van der Waals surface area (Å²) in [6, 6.07) is 6.85. The van der Waals surface area contributed by atoms with Gasteiger partial charge in [-0.1, -0.05) is 6.92 Å². The molecule has 25 heavy (non-hydrogen) atoms. The lowest BCUT2D eigenvalue weighted by atomic mass is 9.97. The largest absolute Gasteiger partial charge is 0.495 e. The Hall–Kier alpha value is -2.88. The molecule has 0 saturated carbocycles. The fraction of sp³-hybridized carbons (Fsp3) is 0.389. The second-order valence-corrected chi connectivity index (χ2v) is 5.90. The normalized spacial score (nSPS) is 22.5. The zero-order chi connectivity index (χ0) is 18.0. The first-order valence-electron chi connectivity index (χ1n) is 8.03. The molecule has 6 nitrogen and oxygen atoms in total. The first kappa shape index (κ1) is 17.0. The van der Waals surface area contributed by atoms with E-state index in [-0.39, 0.29) is 6.61 Å². The second-order valence-electron chi connectivity index (χ2n) is 5.90. The van der Waals surface area contributed by atoms with Crippen molar-refractivity contribution in [1.29, 1.82) is 5.26 Å². The highest BCUT2D eigenvalue weighted by Crippen LogP contribution is 2.31. The number of rotatable bonds is 5. The summed E-state index contributed by atoms with van der Waals surface area (Å²) in [5.74, 6) is -0.224. The molecule has 2 aromatic rings. The van der Waals surface area contributed by atoms with E-state index >= 15 is 0 Å². The molecule has 0 spiro atoms. The first-order chi connectivity index (χ1) is 12.1. The van der Waals surface area contributed by atoms with Gasteiger partial charge in [0.05, 0.1) is 18.7 Å². The van der Waals surface area contributed by atoms with Crippen molar-refractivity contribution in [3.8, 4) is 17.7 Å². The SMILES string of the molecule is CCC1C(COc2nccc3cc(C#N)c(OC)cc23)NC(=O)C1F. The van der Waals surface area contributed by atoms with E-state index in [1.165, 1.54) is 7.11 Å². The van der Waals surface area contributed by atoms with E-state index in [9.17, 15) is 14.4 Å². The molecule has 1 N–H and O–H groups in total. The number of amides is 1. The molecule has 1 aromatic heterocycles. The van der Waals surface area contributed by atoms with Crippen LogP contribution in [0.3, 0.4) is 0 Å². The van der Waals surface area contributed by atoms with Crippen LogP contribution in [0.4, 0.5) is 4.39 Å². The van der Waals surface area contributed by atoms with Gasteiger partial charge in [-0.25, -0.2) is 9.37 Å². The van der Waals surface area contributed by atoms with Crippen LogP contribution in [0.25, 0.3) is 10.8 Å². The van der Waals surface area contributed by atoms with E-state index in [4.69, 9.17) is 9.47 Å². The molecule has 1 saturated heterocycles. The van der Waals surface area contributed by atoms with Crippen molar-refractivity contribution < 1.29 is 18.7 Å². The van der Waals surface area contributed by atoms with Crippen molar-refractivity contribution in [3.05, 3.63) is 30.0 Å². The van der Waals surface area contributed by atoms with Crippen LogP contribution in [0.1, 0.15) is 18.9 Å². The van der Waals surface area contributed by atoms with Crippen molar-refractivity contribution >= 4 is 16.7 Å². The summed E-state index contributed by atoms with van der Waals surface area (Å²) >= 11 is 0. The van der Waals surface area contributed by atoms with Crippen LogP contribution in [0.15, 0.2) is 24.4 Å². The number of nitriles is 1. The van der Waals surface area contributed by atoms with Crippen LogP contribution in [0.2, 0.25) is 0 Å². The predicted octanol–water partition coefficient (Wildman–Crippen LogP) is 2.36. The summed E-state index contributed by atoms with van der Waals surface area (Å²) in [7, 11) is 1.49. The summed E-state index contributed by atoms with van der Waals surface area (Å²) in [4.78, 5) is 15.7. The number of hydrogen-bond donors (Lipinski definition) is 1. The number of nitrogens with one attached hydrogen (secondary N) is 1.